The van der Waals surface area contributed by atoms with Crippen LogP contribution in [0.2, 0.25) is 5.02 Å². The van der Waals surface area contributed by atoms with Gasteiger partial charge >= 0.3 is 0 Å². The van der Waals surface area contributed by atoms with Crippen molar-refractivity contribution in [3.05, 3.63) is 94.8 Å². The van der Waals surface area contributed by atoms with E-state index >= 15 is 0 Å². The van der Waals surface area contributed by atoms with Gasteiger partial charge in [-0.1, -0.05) is 48.0 Å². The first-order valence-electron chi connectivity index (χ1n) is 11.7. The van der Waals surface area contributed by atoms with E-state index in [9.17, 15) is 4.79 Å². The molecule has 7 heteroatoms. The van der Waals surface area contributed by atoms with Crippen molar-refractivity contribution in [1.29, 1.82) is 0 Å². The molecule has 0 aliphatic carbocycles. The minimum Gasteiger partial charge on any atom is -0.494 e. The largest absolute Gasteiger partial charge is 0.494 e. The zero-order valence-corrected chi connectivity index (χ0v) is 20.2. The summed E-state index contributed by atoms with van der Waals surface area (Å²) in [4.78, 5) is 19.6. The molecule has 6 nitrogen and oxygen atoms in total. The number of amides is 1. The highest BCUT2D eigenvalue weighted by molar-refractivity contribution is 6.30. The Labute approximate surface area is 206 Å². The predicted octanol–water partition coefficient (Wildman–Crippen LogP) is 4.18. The van der Waals surface area contributed by atoms with Gasteiger partial charge in [-0.15, -0.1) is 0 Å². The number of benzene rings is 2. The molecule has 2 heterocycles. The number of hydrogen-bond donors (Lipinski definition) is 2. The molecule has 2 atom stereocenters. The topological polar surface area (TPSA) is 66.5 Å². The Morgan fingerprint density at radius 1 is 1.12 bits per heavy atom. The van der Waals surface area contributed by atoms with Gasteiger partial charge in [0.05, 0.1) is 12.6 Å². The molecule has 3 aromatic rings. The summed E-state index contributed by atoms with van der Waals surface area (Å²) in [6.45, 7) is 5.22. The number of rotatable bonds is 10. The first-order chi connectivity index (χ1) is 16.6. The number of ether oxygens (including phenoxy) is 1. The van der Waals surface area contributed by atoms with Crippen molar-refractivity contribution in [3.8, 4) is 5.75 Å². The van der Waals surface area contributed by atoms with Crippen molar-refractivity contribution in [2.24, 2.45) is 0 Å². The summed E-state index contributed by atoms with van der Waals surface area (Å²) in [6, 6.07) is 19.7. The van der Waals surface area contributed by atoms with Crippen LogP contribution in [0.3, 0.4) is 0 Å². The van der Waals surface area contributed by atoms with Crippen LogP contribution in [0.1, 0.15) is 30.0 Å². The summed E-state index contributed by atoms with van der Waals surface area (Å²) >= 11 is 6.21. The number of nitrogens with one attached hydrogen (secondary N) is 2. The van der Waals surface area contributed by atoms with Gasteiger partial charge in [-0.2, -0.15) is 0 Å². The lowest BCUT2D eigenvalue weighted by atomic mass is 10.1. The zero-order chi connectivity index (χ0) is 23.8. The molecule has 0 bridgehead atoms. The molecule has 0 spiro atoms. The third kappa shape index (κ3) is 6.56. The molecule has 1 aromatic heterocycles. The molecule has 1 aliphatic heterocycles. The number of pyridine rings is 1. The second kappa shape index (κ2) is 12.0. The van der Waals surface area contributed by atoms with E-state index in [1.807, 2.05) is 55.5 Å². The fraction of sp³-hybridized carbons (Fsp3) is 0.333. The third-order valence-electron chi connectivity index (χ3n) is 6.02. The molecular formula is C27H31ClN4O2. The normalized spacial score (nSPS) is 18.1. The highest BCUT2D eigenvalue weighted by Gasteiger charge is 2.36. The van der Waals surface area contributed by atoms with Crippen LogP contribution < -0.4 is 15.4 Å². The fourth-order valence-corrected chi connectivity index (χ4v) is 4.59. The smallest absolute Gasteiger partial charge is 0.237 e. The van der Waals surface area contributed by atoms with Crippen LogP contribution in [0.4, 0.5) is 0 Å². The van der Waals surface area contributed by atoms with Crippen molar-refractivity contribution in [1.82, 2.24) is 20.5 Å². The van der Waals surface area contributed by atoms with Crippen molar-refractivity contribution < 1.29 is 9.53 Å². The second-order valence-corrected chi connectivity index (χ2v) is 8.94. The highest BCUT2D eigenvalue weighted by atomic mass is 35.5. The summed E-state index contributed by atoms with van der Waals surface area (Å²) < 4.78 is 5.76. The SMILES string of the molecule is CCOc1ccccc1CN[C@H]1C[C@@H](C(=O)NCc2cccnc2)N(Cc2cccc(Cl)c2)C1. The minimum atomic E-state index is -0.227. The number of carbonyl (C=O) groups is 1. The fourth-order valence-electron chi connectivity index (χ4n) is 4.38. The van der Waals surface area contributed by atoms with Gasteiger partial charge in [0.1, 0.15) is 5.75 Å². The first-order valence-corrected chi connectivity index (χ1v) is 12.1. The number of halogens is 1. The van der Waals surface area contributed by atoms with E-state index in [2.05, 4.69) is 32.7 Å². The molecule has 2 N–H and O–H groups in total. The average Bonchev–Trinajstić information content (AvgIpc) is 3.25. The Balaban J connectivity index is 1.43. The van der Waals surface area contributed by atoms with E-state index in [4.69, 9.17) is 16.3 Å². The van der Waals surface area contributed by atoms with Crippen LogP contribution in [0.15, 0.2) is 73.1 Å². The molecule has 2 aromatic carbocycles. The number of aromatic nitrogens is 1. The molecule has 1 fully saturated rings. The van der Waals surface area contributed by atoms with Crippen molar-refractivity contribution in [2.45, 2.75) is 45.1 Å². The van der Waals surface area contributed by atoms with Gasteiger partial charge in [0.2, 0.25) is 5.91 Å². The zero-order valence-electron chi connectivity index (χ0n) is 19.4. The van der Waals surface area contributed by atoms with Gasteiger partial charge in [-0.25, -0.2) is 0 Å². The van der Waals surface area contributed by atoms with Gasteiger partial charge in [0.15, 0.2) is 0 Å². The van der Waals surface area contributed by atoms with Crippen molar-refractivity contribution in [3.63, 3.8) is 0 Å². The quantitative estimate of drug-likeness (QED) is 0.457. The van der Waals surface area contributed by atoms with Gasteiger partial charge in [0, 0.05) is 55.2 Å². The number of hydrogen-bond acceptors (Lipinski definition) is 5. The molecule has 0 radical (unpaired) electrons. The Morgan fingerprint density at radius 3 is 2.76 bits per heavy atom. The molecule has 0 saturated carbocycles. The van der Waals surface area contributed by atoms with E-state index in [0.29, 0.717) is 31.3 Å². The van der Waals surface area contributed by atoms with Crippen molar-refractivity contribution >= 4 is 17.5 Å². The van der Waals surface area contributed by atoms with Crippen LogP contribution in [-0.4, -0.2) is 41.0 Å². The second-order valence-electron chi connectivity index (χ2n) is 8.51. The summed E-state index contributed by atoms with van der Waals surface area (Å²) in [5, 5.41) is 7.44. The molecular weight excluding hydrogens is 448 g/mol. The Hall–Kier alpha value is -2.93. The Kier molecular flexibility index (Phi) is 8.52. The molecule has 1 saturated heterocycles. The van der Waals surface area contributed by atoms with E-state index in [0.717, 1.165) is 35.4 Å². The van der Waals surface area contributed by atoms with E-state index < -0.39 is 0 Å². The predicted molar refractivity (Wildman–Crippen MR) is 135 cm³/mol. The maximum absolute atomic E-state index is 13.2. The van der Waals surface area contributed by atoms with Crippen LogP contribution in [0, 0.1) is 0 Å². The van der Waals surface area contributed by atoms with Crippen molar-refractivity contribution in [2.75, 3.05) is 13.2 Å². The van der Waals surface area contributed by atoms with Gasteiger partial charge < -0.3 is 15.4 Å². The van der Waals surface area contributed by atoms with E-state index in [1.165, 1.54) is 0 Å². The summed E-state index contributed by atoms with van der Waals surface area (Å²) in [5.74, 6) is 0.932. The Bertz CT molecular complexity index is 1080. The third-order valence-corrected chi connectivity index (χ3v) is 6.26. The van der Waals surface area contributed by atoms with Crippen LogP contribution in [0.25, 0.3) is 0 Å². The molecule has 0 unspecified atom stereocenters. The number of likely N-dealkylation sites (tertiary alicyclic amines) is 1. The summed E-state index contributed by atoms with van der Waals surface area (Å²) in [6.07, 6.45) is 4.24. The van der Waals surface area contributed by atoms with E-state index in [1.54, 1.807) is 12.4 Å². The standard InChI is InChI=1S/C27H31ClN4O2/c1-2-34-26-11-4-3-9-22(26)17-30-24-14-25(27(33)31-16-21-8-6-12-29-15-21)32(19-24)18-20-7-5-10-23(28)13-20/h3-13,15,24-25,30H,2,14,16-19H2,1H3,(H,31,33)/t24-,25-/m0/s1. The molecule has 34 heavy (non-hydrogen) atoms. The number of para-hydroxylation sites is 1. The highest BCUT2D eigenvalue weighted by Crippen LogP contribution is 2.24. The monoisotopic (exact) mass is 478 g/mol. The molecule has 1 amide bonds. The average molecular weight is 479 g/mol. The van der Waals surface area contributed by atoms with Crippen LogP contribution in [0.5, 0.6) is 5.75 Å². The molecule has 4 rings (SSSR count). The summed E-state index contributed by atoms with van der Waals surface area (Å²) in [7, 11) is 0. The lowest BCUT2D eigenvalue weighted by molar-refractivity contribution is -0.125. The number of nitrogens with zero attached hydrogens (tertiary/aromatic N) is 2. The Morgan fingerprint density at radius 2 is 1.97 bits per heavy atom. The lowest BCUT2D eigenvalue weighted by Crippen LogP contribution is -2.42. The molecule has 1 aliphatic rings. The molecule has 178 valence electrons. The van der Waals surface area contributed by atoms with Crippen LogP contribution in [-0.2, 0) is 24.4 Å². The lowest BCUT2D eigenvalue weighted by Gasteiger charge is -2.23. The maximum Gasteiger partial charge on any atom is 0.237 e. The van der Waals surface area contributed by atoms with Gasteiger partial charge in [-0.3, -0.25) is 14.7 Å². The summed E-state index contributed by atoms with van der Waals surface area (Å²) in [5.41, 5.74) is 3.20. The van der Waals surface area contributed by atoms with Gasteiger partial charge in [0.25, 0.3) is 0 Å². The first kappa shape index (κ1) is 24.2. The van der Waals surface area contributed by atoms with E-state index in [-0.39, 0.29) is 18.0 Å². The minimum absolute atomic E-state index is 0.0323. The van der Waals surface area contributed by atoms with Crippen LogP contribution >= 0.6 is 11.6 Å². The van der Waals surface area contributed by atoms with Gasteiger partial charge in [-0.05, 0) is 48.7 Å². The number of carbonyl (C=O) groups excluding carboxylic acids is 1. The maximum atomic E-state index is 13.2.